The Balaban J connectivity index is 3.34. The largest absolute Gasteiger partial charge is 0.617 e. The van der Waals surface area contributed by atoms with Gasteiger partial charge in [0.25, 0.3) is 9.76 Å². The number of anilines is 1. The van der Waals surface area contributed by atoms with Crippen LogP contribution in [0, 0.1) is 5.21 Å². The summed E-state index contributed by atoms with van der Waals surface area (Å²) in [5.41, 5.74) is 5.74. The molecule has 0 saturated heterocycles. The molecule has 10 heavy (non-hydrogen) atoms. The van der Waals surface area contributed by atoms with Gasteiger partial charge in [-0.3, -0.25) is 0 Å². The Morgan fingerprint density at radius 2 is 2.20 bits per heavy atom. The highest BCUT2D eigenvalue weighted by Crippen LogP contribution is 2.15. The molecule has 1 aromatic rings. The average Bonchev–Trinajstić information content (AvgIpc) is 1.93. The van der Waals surface area contributed by atoms with Crippen molar-refractivity contribution in [2.45, 2.75) is 0 Å². The van der Waals surface area contributed by atoms with Crippen LogP contribution in [-0.4, -0.2) is 0 Å². The fraction of sp³-hybridized carbons (Fsp3) is 0. The van der Waals surface area contributed by atoms with Crippen molar-refractivity contribution < 1.29 is 4.73 Å². The van der Waals surface area contributed by atoms with Gasteiger partial charge in [0, 0.05) is 22.0 Å². The normalized spacial score (nSPS) is 9.80. The summed E-state index contributed by atoms with van der Waals surface area (Å²) < 4.78 is 0.761. The fourth-order valence-electron chi connectivity index (χ4n) is 0.506. The number of rotatable bonds is 0. The molecule has 1 rings (SSSR count). The molecule has 2 N–H and O–H groups in total. The first-order valence-electron chi connectivity index (χ1n) is 2.46. The first-order valence-corrected chi connectivity index (χ1v) is 3.63. The summed E-state index contributed by atoms with van der Waals surface area (Å²) in [4.78, 5) is 0. The zero-order valence-electron chi connectivity index (χ0n) is 4.84. The van der Waals surface area contributed by atoms with Crippen LogP contribution in [0.2, 0.25) is 5.15 Å². The molecule has 0 bridgehead atoms. The summed E-state index contributed by atoms with van der Waals surface area (Å²) in [6.45, 7) is 0. The van der Waals surface area contributed by atoms with Crippen LogP contribution in [-0.2, 0) is 0 Å². The number of hydrogen-bond acceptors (Lipinski definition) is 2. The monoisotopic (exact) mass is 222 g/mol. The molecule has 0 fully saturated rings. The van der Waals surface area contributed by atoms with E-state index in [2.05, 4.69) is 15.9 Å². The maximum atomic E-state index is 10.8. The van der Waals surface area contributed by atoms with Gasteiger partial charge < -0.3 is 10.9 Å². The SMILES string of the molecule is Nc1ccc(Cl)[n+]([O-])c1Br. The lowest BCUT2D eigenvalue weighted by atomic mass is 10.4. The predicted molar refractivity (Wildman–Crippen MR) is 42.5 cm³/mol. The van der Waals surface area contributed by atoms with Crippen molar-refractivity contribution in [1.29, 1.82) is 0 Å². The summed E-state index contributed by atoms with van der Waals surface area (Å²) in [5.74, 6) is 0. The van der Waals surface area contributed by atoms with Gasteiger partial charge in [0.15, 0.2) is 0 Å². The van der Waals surface area contributed by atoms with Crippen LogP contribution in [0.25, 0.3) is 0 Å². The molecule has 0 aliphatic carbocycles. The molecule has 5 heteroatoms. The molecule has 1 aromatic heterocycles. The van der Waals surface area contributed by atoms with Crippen molar-refractivity contribution in [3.05, 3.63) is 27.1 Å². The van der Waals surface area contributed by atoms with Gasteiger partial charge in [-0.15, -0.1) is 4.73 Å². The van der Waals surface area contributed by atoms with E-state index in [1.54, 1.807) is 6.07 Å². The Hall–Kier alpha value is -0.480. The van der Waals surface area contributed by atoms with E-state index in [4.69, 9.17) is 17.3 Å². The minimum Gasteiger partial charge on any atom is -0.617 e. The first-order chi connectivity index (χ1) is 4.63. The van der Waals surface area contributed by atoms with E-state index < -0.39 is 0 Å². The number of nitrogen functional groups attached to an aromatic ring is 1. The summed E-state index contributed by atoms with van der Waals surface area (Å²) in [7, 11) is 0. The van der Waals surface area contributed by atoms with Crippen LogP contribution in [0.5, 0.6) is 0 Å². The molecule has 0 spiro atoms. The Morgan fingerprint density at radius 1 is 1.60 bits per heavy atom. The van der Waals surface area contributed by atoms with Crippen LogP contribution in [0.3, 0.4) is 0 Å². The Morgan fingerprint density at radius 3 is 2.70 bits per heavy atom. The standard InChI is InChI=1S/C5H4BrClN2O/c6-5-3(8)1-2-4(7)9(5)10/h1-2H,8H2. The molecule has 0 atom stereocenters. The molecule has 0 aliphatic heterocycles. The zero-order chi connectivity index (χ0) is 7.72. The van der Waals surface area contributed by atoms with E-state index in [9.17, 15) is 5.21 Å². The molecule has 0 aliphatic rings. The molecule has 0 amide bonds. The van der Waals surface area contributed by atoms with Gasteiger partial charge in [0.2, 0.25) is 0 Å². The van der Waals surface area contributed by atoms with E-state index in [-0.39, 0.29) is 9.76 Å². The van der Waals surface area contributed by atoms with Crippen molar-refractivity contribution in [2.75, 3.05) is 5.73 Å². The van der Waals surface area contributed by atoms with Crippen LogP contribution < -0.4 is 10.5 Å². The minimum absolute atomic E-state index is 0.0982. The number of hydrogen-bond donors (Lipinski definition) is 1. The van der Waals surface area contributed by atoms with Gasteiger partial charge >= 0.3 is 0 Å². The maximum Gasteiger partial charge on any atom is 0.287 e. The Labute approximate surface area is 71.1 Å². The Bertz CT molecular complexity index is 239. The van der Waals surface area contributed by atoms with Crippen molar-refractivity contribution >= 4 is 33.2 Å². The smallest absolute Gasteiger partial charge is 0.287 e. The maximum absolute atomic E-state index is 10.8. The first kappa shape index (κ1) is 7.63. The topological polar surface area (TPSA) is 53.0 Å². The van der Waals surface area contributed by atoms with Crippen molar-refractivity contribution in [3.8, 4) is 0 Å². The molecule has 1 heterocycles. The lowest BCUT2D eigenvalue weighted by Crippen LogP contribution is -2.30. The highest BCUT2D eigenvalue weighted by molar-refractivity contribution is 9.10. The van der Waals surface area contributed by atoms with Crippen molar-refractivity contribution in [1.82, 2.24) is 0 Å². The van der Waals surface area contributed by atoms with Crippen LogP contribution >= 0.6 is 27.5 Å². The van der Waals surface area contributed by atoms with Gasteiger partial charge in [-0.1, -0.05) is 0 Å². The number of aromatic nitrogens is 1. The summed E-state index contributed by atoms with van der Waals surface area (Å²) in [6.07, 6.45) is 0. The Kier molecular flexibility index (Phi) is 2.01. The molecular formula is C5H4BrClN2O. The van der Waals surface area contributed by atoms with E-state index in [0.29, 0.717) is 10.4 Å². The summed E-state index contributed by atoms with van der Waals surface area (Å²) in [6, 6.07) is 3.00. The molecular weight excluding hydrogens is 219 g/mol. The van der Waals surface area contributed by atoms with Gasteiger partial charge in [0.1, 0.15) is 5.69 Å². The molecule has 0 radical (unpaired) electrons. The summed E-state index contributed by atoms with van der Waals surface area (Å²) in [5, 5.41) is 10.9. The molecule has 54 valence electrons. The van der Waals surface area contributed by atoms with Gasteiger partial charge in [-0.25, -0.2) is 0 Å². The second-order valence-electron chi connectivity index (χ2n) is 1.70. The minimum atomic E-state index is 0.0982. The van der Waals surface area contributed by atoms with E-state index in [1.807, 2.05) is 0 Å². The van der Waals surface area contributed by atoms with E-state index >= 15 is 0 Å². The third-order valence-corrected chi connectivity index (χ3v) is 2.07. The lowest BCUT2D eigenvalue weighted by Gasteiger charge is -2.01. The summed E-state index contributed by atoms with van der Waals surface area (Å²) >= 11 is 8.42. The number of nitrogens with two attached hydrogens (primary N) is 1. The van der Waals surface area contributed by atoms with E-state index in [1.165, 1.54) is 6.07 Å². The molecule has 0 saturated carbocycles. The average molecular weight is 223 g/mol. The number of halogens is 2. The van der Waals surface area contributed by atoms with Gasteiger partial charge in [0.05, 0.1) is 0 Å². The van der Waals surface area contributed by atoms with Crippen LogP contribution in [0.1, 0.15) is 0 Å². The van der Waals surface area contributed by atoms with Crippen LogP contribution in [0.4, 0.5) is 5.69 Å². The highest BCUT2D eigenvalue weighted by atomic mass is 79.9. The second-order valence-corrected chi connectivity index (χ2v) is 2.83. The third-order valence-electron chi connectivity index (χ3n) is 1.01. The molecule has 0 aromatic carbocycles. The highest BCUT2D eigenvalue weighted by Gasteiger charge is 2.08. The lowest BCUT2D eigenvalue weighted by molar-refractivity contribution is -0.614. The fourth-order valence-corrected chi connectivity index (χ4v) is 1.08. The van der Waals surface area contributed by atoms with Gasteiger partial charge in [-0.2, -0.15) is 0 Å². The quantitative estimate of drug-likeness (QED) is 0.410. The number of pyridine rings is 1. The second kappa shape index (κ2) is 2.64. The van der Waals surface area contributed by atoms with Gasteiger partial charge in [-0.05, 0) is 17.7 Å². The van der Waals surface area contributed by atoms with Crippen molar-refractivity contribution in [3.63, 3.8) is 0 Å². The van der Waals surface area contributed by atoms with Crippen molar-refractivity contribution in [2.24, 2.45) is 0 Å². The zero-order valence-corrected chi connectivity index (χ0v) is 7.19. The molecule has 0 unspecified atom stereocenters. The number of nitrogens with zero attached hydrogens (tertiary/aromatic N) is 1. The van der Waals surface area contributed by atoms with Crippen LogP contribution in [0.15, 0.2) is 16.7 Å². The molecule has 3 nitrogen and oxygen atoms in total. The third kappa shape index (κ3) is 1.17. The van der Waals surface area contributed by atoms with E-state index in [0.717, 1.165) is 0 Å². The predicted octanol–water partition coefficient (Wildman–Crippen LogP) is 1.32.